The van der Waals surface area contributed by atoms with E-state index in [2.05, 4.69) is 15.1 Å². The third-order valence-corrected chi connectivity index (χ3v) is 4.46. The SMILES string of the molecule is O=C(O)C1(N2CCNCC2)CCN(C2CC2)C1. The van der Waals surface area contributed by atoms with Crippen LogP contribution in [0.15, 0.2) is 0 Å². The third-order valence-electron chi connectivity index (χ3n) is 4.46. The molecule has 5 heteroatoms. The lowest BCUT2D eigenvalue weighted by Crippen LogP contribution is -2.61. The molecule has 1 unspecified atom stereocenters. The second-order valence-electron chi connectivity index (χ2n) is 5.53. The summed E-state index contributed by atoms with van der Waals surface area (Å²) in [7, 11) is 0. The molecule has 3 rings (SSSR count). The Morgan fingerprint density at radius 3 is 2.53 bits per heavy atom. The zero-order chi connectivity index (χ0) is 11.9. The van der Waals surface area contributed by atoms with Gasteiger partial charge in [-0.15, -0.1) is 0 Å². The van der Waals surface area contributed by atoms with Crippen LogP contribution in [0, 0.1) is 0 Å². The van der Waals surface area contributed by atoms with Gasteiger partial charge in [-0.25, -0.2) is 0 Å². The van der Waals surface area contributed by atoms with Gasteiger partial charge in [0.15, 0.2) is 0 Å². The lowest BCUT2D eigenvalue weighted by molar-refractivity contribution is -0.151. The van der Waals surface area contributed by atoms with Crippen LogP contribution in [0.25, 0.3) is 0 Å². The Kier molecular flexibility index (Phi) is 2.84. The zero-order valence-electron chi connectivity index (χ0n) is 10.2. The first kappa shape index (κ1) is 11.4. The largest absolute Gasteiger partial charge is 0.480 e. The fourth-order valence-corrected chi connectivity index (χ4v) is 3.23. The maximum absolute atomic E-state index is 11.7. The number of rotatable bonds is 3. The topological polar surface area (TPSA) is 55.8 Å². The Morgan fingerprint density at radius 2 is 1.94 bits per heavy atom. The van der Waals surface area contributed by atoms with E-state index in [0.717, 1.165) is 45.7 Å². The Balaban J connectivity index is 1.75. The lowest BCUT2D eigenvalue weighted by atomic mass is 9.95. The summed E-state index contributed by atoms with van der Waals surface area (Å²) in [5, 5.41) is 12.9. The molecule has 0 amide bonds. The van der Waals surface area contributed by atoms with Gasteiger partial charge in [0.25, 0.3) is 0 Å². The van der Waals surface area contributed by atoms with Crippen LogP contribution < -0.4 is 5.32 Å². The Hall–Kier alpha value is -0.650. The number of piperazine rings is 1. The maximum atomic E-state index is 11.7. The van der Waals surface area contributed by atoms with Crippen LogP contribution in [0.4, 0.5) is 0 Å². The zero-order valence-corrected chi connectivity index (χ0v) is 10.2. The van der Waals surface area contributed by atoms with Crippen molar-refractivity contribution in [2.75, 3.05) is 39.3 Å². The van der Waals surface area contributed by atoms with Gasteiger partial charge in [-0.1, -0.05) is 0 Å². The summed E-state index contributed by atoms with van der Waals surface area (Å²) in [6.45, 7) is 5.25. The molecule has 1 atom stereocenters. The Morgan fingerprint density at radius 1 is 1.24 bits per heavy atom. The van der Waals surface area contributed by atoms with E-state index in [0.29, 0.717) is 6.04 Å². The van der Waals surface area contributed by atoms with Crippen LogP contribution in [0.5, 0.6) is 0 Å². The summed E-state index contributed by atoms with van der Waals surface area (Å²) < 4.78 is 0. The van der Waals surface area contributed by atoms with Gasteiger partial charge in [0.05, 0.1) is 0 Å². The number of likely N-dealkylation sites (tertiary alicyclic amines) is 1. The van der Waals surface area contributed by atoms with Crippen molar-refractivity contribution in [1.82, 2.24) is 15.1 Å². The molecule has 2 saturated heterocycles. The van der Waals surface area contributed by atoms with Gasteiger partial charge in [-0.3, -0.25) is 14.6 Å². The molecular formula is C12H21N3O2. The predicted octanol–water partition coefficient (Wildman–Crippen LogP) is -0.417. The smallest absolute Gasteiger partial charge is 0.325 e. The first-order valence-electron chi connectivity index (χ1n) is 6.66. The average molecular weight is 239 g/mol. The van der Waals surface area contributed by atoms with Crippen LogP contribution >= 0.6 is 0 Å². The van der Waals surface area contributed by atoms with E-state index in [9.17, 15) is 9.90 Å². The van der Waals surface area contributed by atoms with Crippen molar-refractivity contribution >= 4 is 5.97 Å². The monoisotopic (exact) mass is 239 g/mol. The first-order chi connectivity index (χ1) is 8.22. The molecule has 2 heterocycles. The molecule has 17 heavy (non-hydrogen) atoms. The van der Waals surface area contributed by atoms with Gasteiger partial charge in [-0.05, 0) is 19.3 Å². The minimum absolute atomic E-state index is 0.606. The molecule has 3 fully saturated rings. The molecule has 0 aromatic carbocycles. The van der Waals surface area contributed by atoms with E-state index < -0.39 is 11.5 Å². The van der Waals surface area contributed by atoms with E-state index in [1.165, 1.54) is 12.8 Å². The molecule has 0 radical (unpaired) electrons. The van der Waals surface area contributed by atoms with Gasteiger partial charge in [0.1, 0.15) is 5.54 Å². The fraction of sp³-hybridized carbons (Fsp3) is 0.917. The molecular weight excluding hydrogens is 218 g/mol. The summed E-state index contributed by atoms with van der Waals surface area (Å²) in [6, 6.07) is 0.680. The van der Waals surface area contributed by atoms with Crippen LogP contribution in [0.2, 0.25) is 0 Å². The van der Waals surface area contributed by atoms with Gasteiger partial charge in [0, 0.05) is 45.3 Å². The number of carbonyl (C=O) groups is 1. The summed E-state index contributed by atoms with van der Waals surface area (Å²) in [5.74, 6) is -0.623. The Labute approximate surface area is 102 Å². The highest BCUT2D eigenvalue weighted by Gasteiger charge is 2.51. The van der Waals surface area contributed by atoms with E-state index in [1.54, 1.807) is 0 Å². The second-order valence-corrected chi connectivity index (χ2v) is 5.53. The van der Waals surface area contributed by atoms with Crippen molar-refractivity contribution in [2.45, 2.75) is 30.8 Å². The van der Waals surface area contributed by atoms with E-state index in [4.69, 9.17) is 0 Å². The van der Waals surface area contributed by atoms with Gasteiger partial charge in [0.2, 0.25) is 0 Å². The number of nitrogens with zero attached hydrogens (tertiary/aromatic N) is 2. The van der Waals surface area contributed by atoms with Gasteiger partial charge in [-0.2, -0.15) is 0 Å². The summed E-state index contributed by atoms with van der Waals surface area (Å²) >= 11 is 0. The fourth-order valence-electron chi connectivity index (χ4n) is 3.23. The number of hydrogen-bond donors (Lipinski definition) is 2. The van der Waals surface area contributed by atoms with Crippen LogP contribution in [0.3, 0.4) is 0 Å². The number of aliphatic carboxylic acids is 1. The van der Waals surface area contributed by atoms with Crippen molar-refractivity contribution in [3.63, 3.8) is 0 Å². The van der Waals surface area contributed by atoms with Crippen molar-refractivity contribution in [3.8, 4) is 0 Å². The summed E-state index contributed by atoms with van der Waals surface area (Å²) in [4.78, 5) is 16.3. The quantitative estimate of drug-likeness (QED) is 0.701. The number of carboxylic acids is 1. The van der Waals surface area contributed by atoms with E-state index >= 15 is 0 Å². The van der Waals surface area contributed by atoms with Crippen molar-refractivity contribution in [2.24, 2.45) is 0 Å². The average Bonchev–Trinajstić information content (AvgIpc) is 3.09. The summed E-state index contributed by atoms with van der Waals surface area (Å²) in [5.41, 5.74) is -0.606. The summed E-state index contributed by atoms with van der Waals surface area (Å²) in [6.07, 6.45) is 3.31. The first-order valence-corrected chi connectivity index (χ1v) is 6.66. The second kappa shape index (κ2) is 4.23. The molecule has 3 aliphatic rings. The highest BCUT2D eigenvalue weighted by molar-refractivity contribution is 5.79. The highest BCUT2D eigenvalue weighted by atomic mass is 16.4. The van der Waals surface area contributed by atoms with Gasteiger partial charge >= 0.3 is 5.97 Å². The normalized spacial score (nSPS) is 36.2. The third kappa shape index (κ3) is 1.96. The number of hydrogen-bond acceptors (Lipinski definition) is 4. The molecule has 0 spiro atoms. The Bertz CT molecular complexity index is 313. The number of carboxylic acid groups (broad SMARTS) is 1. The predicted molar refractivity (Wildman–Crippen MR) is 64.0 cm³/mol. The standard InChI is InChI=1S/C12H21N3O2/c16-11(17)12(15-7-4-13-5-8-15)3-6-14(9-12)10-1-2-10/h10,13H,1-9H2,(H,16,17). The number of nitrogens with one attached hydrogen (secondary N) is 1. The van der Waals surface area contributed by atoms with Crippen molar-refractivity contribution < 1.29 is 9.90 Å². The molecule has 5 nitrogen and oxygen atoms in total. The minimum atomic E-state index is -0.623. The van der Waals surface area contributed by atoms with Crippen LogP contribution in [-0.2, 0) is 4.79 Å². The molecule has 2 aliphatic heterocycles. The van der Waals surface area contributed by atoms with Gasteiger partial charge < -0.3 is 10.4 Å². The molecule has 1 aliphatic carbocycles. The van der Waals surface area contributed by atoms with E-state index in [1.807, 2.05) is 0 Å². The van der Waals surface area contributed by atoms with Crippen molar-refractivity contribution in [3.05, 3.63) is 0 Å². The molecule has 96 valence electrons. The molecule has 0 bridgehead atoms. The maximum Gasteiger partial charge on any atom is 0.325 e. The van der Waals surface area contributed by atoms with Crippen molar-refractivity contribution in [1.29, 1.82) is 0 Å². The minimum Gasteiger partial charge on any atom is -0.480 e. The molecule has 2 N–H and O–H groups in total. The van der Waals surface area contributed by atoms with E-state index in [-0.39, 0.29) is 0 Å². The molecule has 0 aromatic rings. The van der Waals surface area contributed by atoms with Crippen LogP contribution in [0.1, 0.15) is 19.3 Å². The highest BCUT2D eigenvalue weighted by Crippen LogP contribution is 2.36. The molecule has 0 aromatic heterocycles. The lowest BCUT2D eigenvalue weighted by Gasteiger charge is -2.40. The van der Waals surface area contributed by atoms with Crippen LogP contribution in [-0.4, -0.2) is 71.7 Å². The molecule has 1 saturated carbocycles.